The number of ether oxygens (including phenoxy) is 1. The zero-order valence-electron chi connectivity index (χ0n) is 25.8. The summed E-state index contributed by atoms with van der Waals surface area (Å²) in [4.78, 5) is 20.9. The first kappa shape index (κ1) is 33.5. The number of carbonyl (C=O) groups is 2. The van der Waals surface area contributed by atoms with Gasteiger partial charge < -0.3 is 9.84 Å². The lowest BCUT2D eigenvalue weighted by atomic mass is 9.37. The summed E-state index contributed by atoms with van der Waals surface area (Å²) in [5, 5.41) is 6.89. The predicted molar refractivity (Wildman–Crippen MR) is 168 cm³/mol. The Morgan fingerprint density at radius 1 is 1.07 bits per heavy atom. The normalized spacial score (nSPS) is 41.9. The Morgan fingerprint density at radius 2 is 1.73 bits per heavy atom. The molecule has 0 saturated heterocycles. The monoisotopic (exact) mass is 566 g/mol. The van der Waals surface area contributed by atoms with Crippen LogP contribution in [-0.2, 0) is 14.3 Å². The summed E-state index contributed by atoms with van der Waals surface area (Å²) in [6, 6.07) is 0. The number of hydrogen-bond donors (Lipinski definition) is 1. The summed E-state index contributed by atoms with van der Waals surface area (Å²) < 4.78 is 6.10. The molecule has 1 N–H and O–H groups in total. The molecule has 4 saturated carbocycles. The first-order valence-corrected chi connectivity index (χ1v) is 15.9. The van der Waals surface area contributed by atoms with Crippen molar-refractivity contribution in [3.63, 3.8) is 0 Å². The quantitative estimate of drug-likeness (QED) is 0.156. The molecule has 5 aliphatic rings. The van der Waals surface area contributed by atoms with E-state index in [0.29, 0.717) is 35.0 Å². The second-order valence-electron chi connectivity index (χ2n) is 15.1. The molecule has 9 unspecified atom stereocenters. The minimum Gasteiger partial charge on any atom is -0.483 e. The smallest absolute Gasteiger partial charge is 0.307 e. The Morgan fingerprint density at radius 3 is 2.39 bits per heavy atom. The Labute approximate surface area is 251 Å². The van der Waals surface area contributed by atoms with Crippen LogP contribution >= 0.6 is 0 Å². The van der Waals surface area contributed by atoms with Crippen molar-refractivity contribution in [3.8, 4) is 12.3 Å². The van der Waals surface area contributed by atoms with E-state index in [9.17, 15) is 4.79 Å². The number of hydrogen-bond acceptors (Lipinski definition) is 3. The molecule has 9 atom stereocenters. The van der Waals surface area contributed by atoms with Crippen molar-refractivity contribution in [2.45, 2.75) is 132 Å². The highest BCUT2D eigenvalue weighted by atomic mass is 16.5. The summed E-state index contributed by atoms with van der Waals surface area (Å²) in [7, 11) is 0. The van der Waals surface area contributed by atoms with E-state index >= 15 is 0 Å². The van der Waals surface area contributed by atoms with E-state index in [1.165, 1.54) is 64.2 Å². The van der Waals surface area contributed by atoms with Crippen molar-refractivity contribution >= 4 is 12.4 Å². The average molecular weight is 567 g/mol. The third-order valence-electron chi connectivity index (χ3n) is 13.0. The van der Waals surface area contributed by atoms with Crippen LogP contribution < -0.4 is 0 Å². The Bertz CT molecular complexity index is 1030. The van der Waals surface area contributed by atoms with Crippen LogP contribution in [0, 0.1) is 63.6 Å². The number of carboxylic acid groups (broad SMARTS) is 1. The fraction of sp³-hybridized carbons (Fsp3) is 0.784. The first-order chi connectivity index (χ1) is 18.9. The van der Waals surface area contributed by atoms with E-state index in [-0.39, 0.29) is 31.4 Å². The van der Waals surface area contributed by atoms with Gasteiger partial charge in [-0.1, -0.05) is 66.2 Å². The maximum Gasteiger partial charge on any atom is 0.307 e. The van der Waals surface area contributed by atoms with Gasteiger partial charge in [0.15, 0.2) is 0 Å². The molecule has 5 aliphatic carbocycles. The molecule has 5 rings (SSSR count). The number of rotatable bonds is 5. The molecule has 0 aliphatic heterocycles. The van der Waals surface area contributed by atoms with Gasteiger partial charge >= 0.3 is 5.97 Å². The van der Waals surface area contributed by atoms with Crippen LogP contribution in [0.15, 0.2) is 24.3 Å². The van der Waals surface area contributed by atoms with E-state index in [1.807, 2.05) is 5.57 Å². The van der Waals surface area contributed by atoms with Gasteiger partial charge in [0.25, 0.3) is 6.47 Å². The molecule has 4 heteroatoms. The molecule has 0 amide bonds. The fourth-order valence-corrected chi connectivity index (χ4v) is 11.1. The van der Waals surface area contributed by atoms with Crippen LogP contribution in [0.5, 0.6) is 0 Å². The van der Waals surface area contributed by atoms with Gasteiger partial charge in [0.1, 0.15) is 6.10 Å². The summed E-state index contributed by atoms with van der Waals surface area (Å²) in [5.41, 5.74) is 3.02. The van der Waals surface area contributed by atoms with Crippen LogP contribution in [-0.4, -0.2) is 23.7 Å². The van der Waals surface area contributed by atoms with Gasteiger partial charge in [0.05, 0.1) is 6.42 Å². The second-order valence-corrected chi connectivity index (χ2v) is 15.1. The molecular weight excluding hydrogens is 508 g/mol. The van der Waals surface area contributed by atoms with Gasteiger partial charge in [0.2, 0.25) is 0 Å². The maximum atomic E-state index is 12.5. The molecule has 0 bridgehead atoms. The molecule has 0 aromatic rings. The SMILES string of the molecule is C.C#CCCC(=O)OC1CCC2(C)C(CCC3(C)C4CCC5(CC=C)CCC(C)CC5C4=CCC32)C1(C)C.O=CO. The standard InChI is InChI=1S/C35H52O2.CH2O2.CH4/c1-8-10-11-31(36)37-30-17-20-34(7)28(32(30,4)5)16-19-33(6)26-15-22-35(18-9-2)21-14-24(3)23-27(35)25(26)12-13-29(33)34;2-1-3;/h1,9,12,24,26-30H,2,10-11,13-23H2,3-7H3;1H,(H,2,3);1H4. The third-order valence-corrected chi connectivity index (χ3v) is 13.0. The van der Waals surface area contributed by atoms with Crippen molar-refractivity contribution in [2.75, 3.05) is 0 Å². The topological polar surface area (TPSA) is 63.6 Å². The van der Waals surface area contributed by atoms with Crippen molar-refractivity contribution in [1.29, 1.82) is 0 Å². The van der Waals surface area contributed by atoms with E-state index in [1.54, 1.807) is 0 Å². The lowest BCUT2D eigenvalue weighted by Gasteiger charge is -2.68. The maximum absolute atomic E-state index is 12.5. The molecule has 0 aromatic carbocycles. The van der Waals surface area contributed by atoms with Gasteiger partial charge in [-0.25, -0.2) is 0 Å². The highest BCUT2D eigenvalue weighted by molar-refractivity contribution is 5.70. The molecule has 0 spiro atoms. The molecular formula is C37H58O4. The lowest BCUT2D eigenvalue weighted by molar-refractivity contribution is -0.201. The zero-order chi connectivity index (χ0) is 29.3. The van der Waals surface area contributed by atoms with Gasteiger partial charge in [-0.3, -0.25) is 9.59 Å². The fourth-order valence-electron chi connectivity index (χ4n) is 11.1. The number of terminal acetylenes is 1. The first-order valence-electron chi connectivity index (χ1n) is 15.9. The van der Waals surface area contributed by atoms with Gasteiger partial charge in [-0.05, 0) is 110 Å². The molecule has 0 heterocycles. The number of allylic oxidation sites excluding steroid dienone is 3. The minimum absolute atomic E-state index is 0. The van der Waals surface area contributed by atoms with Crippen molar-refractivity contribution < 1.29 is 19.4 Å². The number of esters is 1. The lowest BCUT2D eigenvalue weighted by Crippen LogP contribution is -2.62. The Hall–Kier alpha value is -2.02. The summed E-state index contributed by atoms with van der Waals surface area (Å²) in [6.07, 6.45) is 25.3. The summed E-state index contributed by atoms with van der Waals surface area (Å²) >= 11 is 0. The largest absolute Gasteiger partial charge is 0.483 e. The van der Waals surface area contributed by atoms with Crippen LogP contribution in [0.2, 0.25) is 0 Å². The molecule has 0 radical (unpaired) electrons. The van der Waals surface area contributed by atoms with Crippen LogP contribution in [0.1, 0.15) is 126 Å². The van der Waals surface area contributed by atoms with Gasteiger partial charge in [-0.2, -0.15) is 0 Å². The number of carbonyl (C=O) groups excluding carboxylic acids is 1. The molecule has 41 heavy (non-hydrogen) atoms. The van der Waals surface area contributed by atoms with Crippen LogP contribution in [0.3, 0.4) is 0 Å². The minimum atomic E-state index is -0.250. The van der Waals surface area contributed by atoms with Crippen molar-refractivity contribution in [3.05, 3.63) is 24.3 Å². The zero-order valence-corrected chi connectivity index (χ0v) is 25.8. The van der Waals surface area contributed by atoms with Crippen molar-refractivity contribution in [2.24, 2.45) is 51.2 Å². The highest BCUT2D eigenvalue weighted by Crippen LogP contribution is 2.72. The van der Waals surface area contributed by atoms with E-state index < -0.39 is 0 Å². The Balaban J connectivity index is 0.00000111. The molecule has 4 fully saturated rings. The average Bonchev–Trinajstić information content (AvgIpc) is 2.90. The van der Waals surface area contributed by atoms with E-state index in [4.69, 9.17) is 21.1 Å². The van der Waals surface area contributed by atoms with Crippen LogP contribution in [0.4, 0.5) is 0 Å². The number of fused-ring (bicyclic) bond motifs is 7. The summed E-state index contributed by atoms with van der Waals surface area (Å²) in [5.74, 6) is 6.15. The Kier molecular flexibility index (Phi) is 10.4. The predicted octanol–water partition coefficient (Wildman–Crippen LogP) is 9.25. The highest BCUT2D eigenvalue weighted by Gasteiger charge is 2.65. The van der Waals surface area contributed by atoms with Crippen LogP contribution in [0.25, 0.3) is 0 Å². The van der Waals surface area contributed by atoms with Crippen molar-refractivity contribution in [1.82, 2.24) is 0 Å². The molecule has 230 valence electrons. The molecule has 4 nitrogen and oxygen atoms in total. The van der Waals surface area contributed by atoms with E-state index in [2.05, 4.69) is 59.3 Å². The van der Waals surface area contributed by atoms with Gasteiger partial charge in [-0.15, -0.1) is 18.9 Å². The van der Waals surface area contributed by atoms with Gasteiger partial charge in [0, 0.05) is 11.8 Å². The summed E-state index contributed by atoms with van der Waals surface area (Å²) in [6.45, 7) is 16.5. The molecule has 0 aromatic heterocycles. The third kappa shape index (κ3) is 5.69. The second kappa shape index (κ2) is 12.7. The van der Waals surface area contributed by atoms with E-state index in [0.717, 1.165) is 30.1 Å².